The van der Waals surface area contributed by atoms with Crippen molar-refractivity contribution in [1.29, 1.82) is 5.41 Å². The van der Waals surface area contributed by atoms with Crippen molar-refractivity contribution in [3.63, 3.8) is 0 Å². The Labute approximate surface area is 51.0 Å². The smallest absolute Gasteiger partial charge is 0.0983 e. The van der Waals surface area contributed by atoms with Crippen LogP contribution in [0.15, 0.2) is 11.8 Å². The highest BCUT2D eigenvalue weighted by atomic mass is 79.9. The van der Waals surface area contributed by atoms with Crippen LogP contribution in [0.3, 0.4) is 0 Å². The summed E-state index contributed by atoms with van der Waals surface area (Å²) in [7, 11) is 0. The molecule has 0 aromatic rings. The van der Waals surface area contributed by atoms with E-state index >= 15 is 0 Å². The lowest BCUT2D eigenvalue weighted by atomic mass is 10.5. The fourth-order valence-electron chi connectivity index (χ4n) is 0.200. The molecule has 0 unspecified atom stereocenters. The molecule has 0 amide bonds. The molecule has 0 saturated heterocycles. The Morgan fingerprint density at radius 3 is 2.29 bits per heavy atom. The van der Waals surface area contributed by atoms with E-state index < -0.39 is 0 Å². The average Bonchev–Trinajstić information content (AvgIpc) is 1.27. The summed E-state index contributed by atoms with van der Waals surface area (Å²) in [4.78, 5) is 0. The van der Waals surface area contributed by atoms with E-state index in [-0.39, 0.29) is 0 Å². The minimum atomic E-state index is 0.313. The van der Waals surface area contributed by atoms with Crippen molar-refractivity contribution in [2.75, 3.05) is 0 Å². The van der Waals surface area contributed by atoms with Crippen LogP contribution in [-0.4, -0.2) is 4.62 Å². The fraction of sp³-hybridized carbons (Fsp3) is 0.250. The molecule has 40 valence electrons. The molecule has 0 fully saturated rings. The van der Waals surface area contributed by atoms with Crippen LogP contribution in [0.2, 0.25) is 0 Å². The van der Waals surface area contributed by atoms with Gasteiger partial charge in [0, 0.05) is 5.70 Å². The summed E-state index contributed by atoms with van der Waals surface area (Å²) in [6.45, 7) is 1.73. The molecule has 0 spiro atoms. The molecule has 0 heterocycles. The van der Waals surface area contributed by atoms with Gasteiger partial charge in [0.2, 0.25) is 0 Å². The SMILES string of the molecule is CC(N)=CC(=N)Br. The molecule has 0 aliphatic rings. The molecule has 0 aromatic heterocycles. The maximum atomic E-state index is 6.78. The molecule has 0 saturated carbocycles. The second-order valence-electron chi connectivity index (χ2n) is 1.24. The first-order valence-electron chi connectivity index (χ1n) is 1.81. The molecular formula is C4H7BrN2. The summed E-state index contributed by atoms with van der Waals surface area (Å²) in [6, 6.07) is 0. The van der Waals surface area contributed by atoms with E-state index in [9.17, 15) is 0 Å². The molecule has 3 N–H and O–H groups in total. The van der Waals surface area contributed by atoms with E-state index in [2.05, 4.69) is 15.9 Å². The quantitative estimate of drug-likeness (QED) is 0.561. The predicted molar refractivity (Wildman–Crippen MR) is 34.6 cm³/mol. The highest BCUT2D eigenvalue weighted by Crippen LogP contribution is 1.88. The molecule has 0 aliphatic carbocycles. The Bertz CT molecular complexity index is 102. The standard InChI is InChI=1S/C4H7BrN2/c1-3(6)2-4(5)7/h2,7H,6H2,1H3. The molecule has 0 rings (SSSR count). The van der Waals surface area contributed by atoms with Crippen molar-refractivity contribution in [2.24, 2.45) is 5.73 Å². The maximum Gasteiger partial charge on any atom is 0.0983 e. The van der Waals surface area contributed by atoms with Crippen LogP contribution >= 0.6 is 15.9 Å². The van der Waals surface area contributed by atoms with Crippen LogP contribution in [0.25, 0.3) is 0 Å². The minimum absolute atomic E-state index is 0.313. The number of hydrogen-bond acceptors (Lipinski definition) is 2. The second kappa shape index (κ2) is 2.80. The van der Waals surface area contributed by atoms with Gasteiger partial charge in [-0.15, -0.1) is 0 Å². The normalized spacial score (nSPS) is 11.4. The zero-order valence-electron chi connectivity index (χ0n) is 4.03. The zero-order valence-corrected chi connectivity index (χ0v) is 5.62. The van der Waals surface area contributed by atoms with Crippen LogP contribution in [0, 0.1) is 5.41 Å². The lowest BCUT2D eigenvalue weighted by molar-refractivity contribution is 1.32. The van der Waals surface area contributed by atoms with Crippen molar-refractivity contribution in [2.45, 2.75) is 6.92 Å². The largest absolute Gasteiger partial charge is 0.402 e. The van der Waals surface area contributed by atoms with Crippen molar-refractivity contribution < 1.29 is 0 Å². The average molecular weight is 163 g/mol. The first-order valence-corrected chi connectivity index (χ1v) is 2.60. The number of nitrogens with two attached hydrogens (primary N) is 1. The number of halogens is 1. The van der Waals surface area contributed by atoms with Crippen LogP contribution < -0.4 is 5.73 Å². The van der Waals surface area contributed by atoms with Gasteiger partial charge >= 0.3 is 0 Å². The third kappa shape index (κ3) is 5.69. The van der Waals surface area contributed by atoms with Crippen LogP contribution in [0.1, 0.15) is 6.92 Å². The van der Waals surface area contributed by atoms with Gasteiger partial charge in [0.1, 0.15) is 0 Å². The molecular weight excluding hydrogens is 156 g/mol. The molecule has 3 heteroatoms. The fourth-order valence-corrected chi connectivity index (χ4v) is 0.561. The van der Waals surface area contributed by atoms with E-state index in [4.69, 9.17) is 11.1 Å². The Morgan fingerprint density at radius 2 is 2.29 bits per heavy atom. The molecule has 2 nitrogen and oxygen atoms in total. The van der Waals surface area contributed by atoms with E-state index in [1.807, 2.05) is 0 Å². The Morgan fingerprint density at radius 1 is 1.86 bits per heavy atom. The van der Waals surface area contributed by atoms with Gasteiger partial charge in [0.05, 0.1) is 4.62 Å². The van der Waals surface area contributed by atoms with Crippen LogP contribution in [0.5, 0.6) is 0 Å². The first kappa shape index (κ1) is 6.69. The summed E-state index contributed by atoms with van der Waals surface area (Å²) < 4.78 is 0.313. The Kier molecular flexibility index (Phi) is 2.67. The maximum absolute atomic E-state index is 6.78. The first-order chi connectivity index (χ1) is 3.13. The summed E-state index contributed by atoms with van der Waals surface area (Å²) in [6.07, 6.45) is 1.53. The van der Waals surface area contributed by atoms with Gasteiger partial charge in [0.15, 0.2) is 0 Å². The predicted octanol–water partition coefficient (Wildman–Crippen LogP) is 1.22. The van der Waals surface area contributed by atoms with Crippen molar-refractivity contribution >= 4 is 20.6 Å². The molecule has 0 bridgehead atoms. The Balaban J connectivity index is 3.68. The number of allylic oxidation sites excluding steroid dienone is 2. The van der Waals surface area contributed by atoms with E-state index in [0.29, 0.717) is 10.3 Å². The van der Waals surface area contributed by atoms with Gasteiger partial charge in [-0.05, 0) is 28.9 Å². The van der Waals surface area contributed by atoms with Crippen molar-refractivity contribution in [3.05, 3.63) is 11.8 Å². The molecule has 0 atom stereocenters. The highest BCUT2D eigenvalue weighted by molar-refractivity contribution is 9.18. The van der Waals surface area contributed by atoms with Gasteiger partial charge in [-0.3, -0.25) is 5.41 Å². The zero-order chi connectivity index (χ0) is 5.86. The van der Waals surface area contributed by atoms with E-state index in [0.717, 1.165) is 0 Å². The summed E-state index contributed by atoms with van der Waals surface area (Å²) >= 11 is 2.90. The third-order valence-electron chi connectivity index (χ3n) is 0.354. The van der Waals surface area contributed by atoms with Gasteiger partial charge in [0.25, 0.3) is 0 Å². The van der Waals surface area contributed by atoms with Gasteiger partial charge < -0.3 is 5.73 Å². The highest BCUT2D eigenvalue weighted by Gasteiger charge is 1.78. The van der Waals surface area contributed by atoms with Gasteiger partial charge in [-0.25, -0.2) is 0 Å². The third-order valence-corrected chi connectivity index (χ3v) is 0.583. The Hall–Kier alpha value is -0.310. The lowest BCUT2D eigenvalue weighted by Crippen LogP contribution is -1.91. The topological polar surface area (TPSA) is 49.9 Å². The van der Waals surface area contributed by atoms with Crippen molar-refractivity contribution in [1.82, 2.24) is 0 Å². The second-order valence-corrected chi connectivity index (χ2v) is 2.09. The number of nitrogens with one attached hydrogen (secondary N) is 1. The summed E-state index contributed by atoms with van der Waals surface area (Å²) in [5.74, 6) is 0. The number of hydrogen-bond donors (Lipinski definition) is 2. The summed E-state index contributed by atoms with van der Waals surface area (Å²) in [5, 5.41) is 6.78. The molecule has 7 heavy (non-hydrogen) atoms. The molecule has 0 aromatic carbocycles. The lowest BCUT2D eigenvalue weighted by Gasteiger charge is -1.83. The van der Waals surface area contributed by atoms with E-state index in [1.165, 1.54) is 6.08 Å². The molecule has 0 radical (unpaired) electrons. The van der Waals surface area contributed by atoms with Gasteiger partial charge in [-0.2, -0.15) is 0 Å². The minimum Gasteiger partial charge on any atom is -0.402 e. The van der Waals surface area contributed by atoms with Gasteiger partial charge in [-0.1, -0.05) is 0 Å². The monoisotopic (exact) mass is 162 g/mol. The summed E-state index contributed by atoms with van der Waals surface area (Å²) in [5.41, 5.74) is 5.82. The van der Waals surface area contributed by atoms with Crippen molar-refractivity contribution in [3.8, 4) is 0 Å². The molecule has 0 aliphatic heterocycles. The number of rotatable bonds is 1. The van der Waals surface area contributed by atoms with Crippen LogP contribution in [-0.2, 0) is 0 Å². The van der Waals surface area contributed by atoms with E-state index in [1.54, 1.807) is 6.92 Å². The van der Waals surface area contributed by atoms with Crippen LogP contribution in [0.4, 0.5) is 0 Å².